The number of piperazine rings is 1. The zero-order chi connectivity index (χ0) is 20.5. The van der Waals surface area contributed by atoms with E-state index >= 15 is 0 Å². The molecule has 0 bridgehead atoms. The van der Waals surface area contributed by atoms with E-state index in [0.29, 0.717) is 32.7 Å². The van der Waals surface area contributed by atoms with Gasteiger partial charge in [-0.2, -0.15) is 17.5 Å². The molecular weight excluding hydrogens is 395 g/mol. The van der Waals surface area contributed by atoms with E-state index in [1.54, 1.807) is 0 Å². The van der Waals surface area contributed by atoms with Crippen LogP contribution in [0.25, 0.3) is 0 Å². The van der Waals surface area contributed by atoms with Gasteiger partial charge in [0.05, 0.1) is 17.0 Å². The Bertz CT molecular complexity index is 914. The molecule has 2 heterocycles. The molecule has 0 spiro atoms. The Balaban J connectivity index is 1.62. The summed E-state index contributed by atoms with van der Waals surface area (Å²) in [5, 5.41) is 3.92. The highest BCUT2D eigenvalue weighted by Gasteiger charge is 2.32. The fourth-order valence-electron chi connectivity index (χ4n) is 3.26. The van der Waals surface area contributed by atoms with Crippen molar-refractivity contribution in [3.05, 3.63) is 52.4 Å². The van der Waals surface area contributed by atoms with Crippen molar-refractivity contribution in [3.63, 3.8) is 0 Å². The predicted molar refractivity (Wildman–Crippen MR) is 96.9 cm³/mol. The molecule has 0 radical (unpaired) electrons. The summed E-state index contributed by atoms with van der Waals surface area (Å²) in [5.41, 5.74) is 1.11. The maximum Gasteiger partial charge on any atom is 0.416 e. The summed E-state index contributed by atoms with van der Waals surface area (Å²) < 4.78 is 70.3. The smallest absolute Gasteiger partial charge is 0.361 e. The lowest BCUT2D eigenvalue weighted by atomic mass is 10.1. The predicted octanol–water partition coefficient (Wildman–Crippen LogP) is 2.96. The summed E-state index contributed by atoms with van der Waals surface area (Å²) in [4.78, 5) is 2.11. The second-order valence-corrected chi connectivity index (χ2v) is 8.90. The van der Waals surface area contributed by atoms with Gasteiger partial charge in [0.1, 0.15) is 5.76 Å². The van der Waals surface area contributed by atoms with E-state index in [2.05, 4.69) is 10.1 Å². The summed E-state index contributed by atoms with van der Waals surface area (Å²) in [5.74, 6) is 0.304. The summed E-state index contributed by atoms with van der Waals surface area (Å²) in [6.45, 7) is 5.99. The van der Waals surface area contributed by atoms with Crippen molar-refractivity contribution in [1.82, 2.24) is 14.4 Å². The number of rotatable bonds is 5. The Morgan fingerprint density at radius 3 is 2.39 bits per heavy atom. The van der Waals surface area contributed by atoms with Gasteiger partial charge in [0.15, 0.2) is 0 Å². The van der Waals surface area contributed by atoms with Gasteiger partial charge in [-0.05, 0) is 25.5 Å². The van der Waals surface area contributed by atoms with Crippen molar-refractivity contribution in [1.29, 1.82) is 0 Å². The molecular formula is C18H22F3N3O3S. The van der Waals surface area contributed by atoms with Crippen LogP contribution < -0.4 is 0 Å². The minimum absolute atomic E-state index is 0.132. The zero-order valence-corrected chi connectivity index (χ0v) is 16.5. The van der Waals surface area contributed by atoms with Crippen molar-refractivity contribution in [2.24, 2.45) is 0 Å². The summed E-state index contributed by atoms with van der Waals surface area (Å²) >= 11 is 0. The van der Waals surface area contributed by atoms with Crippen LogP contribution in [-0.2, 0) is 28.5 Å². The standard InChI is InChI=1S/C18H22F3N3O3S/c1-13-17(14(2)27-22-13)11-23-6-8-24(9-7-23)28(25,26)12-15-4-3-5-16(10-15)18(19,20)21/h3-5,10H,6-9,11-12H2,1-2H3. The van der Waals surface area contributed by atoms with E-state index in [9.17, 15) is 21.6 Å². The number of aryl methyl sites for hydroxylation is 2. The highest BCUT2D eigenvalue weighted by Crippen LogP contribution is 2.30. The van der Waals surface area contributed by atoms with Gasteiger partial charge >= 0.3 is 6.18 Å². The van der Waals surface area contributed by atoms with Crippen molar-refractivity contribution >= 4 is 10.0 Å². The number of alkyl halides is 3. The van der Waals surface area contributed by atoms with E-state index < -0.39 is 27.5 Å². The minimum Gasteiger partial charge on any atom is -0.361 e. The second kappa shape index (κ2) is 7.84. The van der Waals surface area contributed by atoms with Crippen LogP contribution in [0.15, 0.2) is 28.8 Å². The molecule has 0 aliphatic carbocycles. The SMILES string of the molecule is Cc1noc(C)c1CN1CCN(S(=O)(=O)Cc2cccc(C(F)(F)F)c2)CC1. The molecule has 0 saturated carbocycles. The maximum atomic E-state index is 12.8. The first-order valence-electron chi connectivity index (χ1n) is 8.84. The molecule has 28 heavy (non-hydrogen) atoms. The monoisotopic (exact) mass is 417 g/mol. The van der Waals surface area contributed by atoms with Crippen molar-refractivity contribution in [2.45, 2.75) is 32.3 Å². The van der Waals surface area contributed by atoms with Gasteiger partial charge in [-0.15, -0.1) is 0 Å². The van der Waals surface area contributed by atoms with Crippen LogP contribution in [0.2, 0.25) is 0 Å². The lowest BCUT2D eigenvalue weighted by molar-refractivity contribution is -0.137. The van der Waals surface area contributed by atoms with Crippen LogP contribution in [0.3, 0.4) is 0 Å². The molecule has 6 nitrogen and oxygen atoms in total. The lowest BCUT2D eigenvalue weighted by Crippen LogP contribution is -2.48. The Hall–Kier alpha value is -1.91. The second-order valence-electron chi connectivity index (χ2n) is 6.93. The Labute approximate surface area is 162 Å². The average molecular weight is 417 g/mol. The molecule has 0 amide bonds. The molecule has 0 unspecified atom stereocenters. The van der Waals surface area contributed by atoms with Crippen LogP contribution in [0.1, 0.15) is 28.1 Å². The average Bonchev–Trinajstić information content (AvgIpc) is 2.93. The van der Waals surface area contributed by atoms with E-state index in [1.165, 1.54) is 16.4 Å². The molecule has 2 aromatic rings. The first kappa shape index (κ1) is 20.8. The highest BCUT2D eigenvalue weighted by molar-refractivity contribution is 7.88. The van der Waals surface area contributed by atoms with Crippen LogP contribution in [0.5, 0.6) is 0 Å². The number of nitrogens with zero attached hydrogens (tertiary/aromatic N) is 3. The van der Waals surface area contributed by atoms with Crippen molar-refractivity contribution < 1.29 is 26.1 Å². The first-order valence-corrected chi connectivity index (χ1v) is 10.5. The molecule has 1 aliphatic heterocycles. The molecule has 1 fully saturated rings. The highest BCUT2D eigenvalue weighted by atomic mass is 32.2. The van der Waals surface area contributed by atoms with E-state index in [0.717, 1.165) is 29.2 Å². The third-order valence-electron chi connectivity index (χ3n) is 4.89. The molecule has 1 aliphatic rings. The van der Waals surface area contributed by atoms with Crippen LogP contribution in [0, 0.1) is 13.8 Å². The molecule has 1 saturated heterocycles. The third-order valence-corrected chi connectivity index (χ3v) is 6.74. The van der Waals surface area contributed by atoms with Crippen molar-refractivity contribution in [2.75, 3.05) is 26.2 Å². The van der Waals surface area contributed by atoms with Crippen molar-refractivity contribution in [3.8, 4) is 0 Å². The molecule has 1 aromatic heterocycles. The number of aromatic nitrogens is 1. The lowest BCUT2D eigenvalue weighted by Gasteiger charge is -2.34. The fraction of sp³-hybridized carbons (Fsp3) is 0.500. The summed E-state index contributed by atoms with van der Waals surface area (Å²) in [6.07, 6.45) is -4.50. The first-order chi connectivity index (χ1) is 13.1. The fourth-order valence-corrected chi connectivity index (χ4v) is 4.76. The molecule has 0 atom stereocenters. The minimum atomic E-state index is -4.50. The van der Waals surface area contributed by atoms with Gasteiger partial charge in [0, 0.05) is 38.3 Å². The number of benzene rings is 1. The number of sulfonamides is 1. The molecule has 10 heteroatoms. The van der Waals surface area contributed by atoms with E-state index in [4.69, 9.17) is 4.52 Å². The van der Waals surface area contributed by atoms with Crippen LogP contribution in [-0.4, -0.2) is 49.0 Å². The van der Waals surface area contributed by atoms with Crippen LogP contribution in [0.4, 0.5) is 13.2 Å². The molecule has 154 valence electrons. The van der Waals surface area contributed by atoms with Gasteiger partial charge in [-0.3, -0.25) is 4.90 Å². The maximum absolute atomic E-state index is 12.8. The molecule has 3 rings (SSSR count). The number of hydrogen-bond acceptors (Lipinski definition) is 5. The Kier molecular flexibility index (Phi) is 5.83. The largest absolute Gasteiger partial charge is 0.416 e. The number of halogens is 3. The van der Waals surface area contributed by atoms with Gasteiger partial charge in [0.25, 0.3) is 0 Å². The normalized spacial score (nSPS) is 17.2. The van der Waals surface area contributed by atoms with Gasteiger partial charge in [-0.1, -0.05) is 23.4 Å². The topological polar surface area (TPSA) is 66.7 Å². The van der Waals surface area contributed by atoms with Gasteiger partial charge < -0.3 is 4.52 Å². The quantitative estimate of drug-likeness (QED) is 0.748. The van der Waals surface area contributed by atoms with E-state index in [1.807, 2.05) is 13.8 Å². The molecule has 1 aromatic carbocycles. The summed E-state index contributed by atoms with van der Waals surface area (Å²) in [7, 11) is -3.69. The van der Waals surface area contributed by atoms with E-state index in [-0.39, 0.29) is 5.56 Å². The molecule has 0 N–H and O–H groups in total. The number of hydrogen-bond donors (Lipinski definition) is 0. The Morgan fingerprint density at radius 1 is 1.14 bits per heavy atom. The Morgan fingerprint density at radius 2 is 1.82 bits per heavy atom. The third kappa shape index (κ3) is 4.73. The van der Waals surface area contributed by atoms with Gasteiger partial charge in [0.2, 0.25) is 10.0 Å². The van der Waals surface area contributed by atoms with Gasteiger partial charge in [-0.25, -0.2) is 8.42 Å². The summed E-state index contributed by atoms with van der Waals surface area (Å²) in [6, 6.07) is 4.46. The van der Waals surface area contributed by atoms with Crippen LogP contribution >= 0.6 is 0 Å². The zero-order valence-electron chi connectivity index (χ0n) is 15.7.